The number of amides is 1. The lowest BCUT2D eigenvalue weighted by atomic mass is 9.81. The van der Waals surface area contributed by atoms with Crippen molar-refractivity contribution in [1.82, 2.24) is 14.8 Å². The number of para-hydroxylation sites is 1. The van der Waals surface area contributed by atoms with E-state index in [1.165, 1.54) is 18.4 Å². The van der Waals surface area contributed by atoms with Crippen LogP contribution in [0.3, 0.4) is 0 Å². The molecule has 1 aliphatic carbocycles. The molecule has 0 bridgehead atoms. The molecule has 0 radical (unpaired) electrons. The number of hydrogen-bond donors (Lipinski definition) is 0. The van der Waals surface area contributed by atoms with Gasteiger partial charge >= 0.3 is 0 Å². The summed E-state index contributed by atoms with van der Waals surface area (Å²) < 4.78 is 1.54. The molecular weight excluding hydrogens is 300 g/mol. The SMILES string of the molecule is Cn1cnc(C(=O)N2CC3(CCCC3)c3cccc(Cl)c32)n1. The lowest BCUT2D eigenvalue weighted by Crippen LogP contribution is -2.36. The molecule has 5 nitrogen and oxygen atoms in total. The normalized spacial score (nSPS) is 18.9. The first-order chi connectivity index (χ1) is 10.6. The lowest BCUT2D eigenvalue weighted by Gasteiger charge is -2.24. The second-order valence-corrected chi connectivity index (χ2v) is 6.66. The highest BCUT2D eigenvalue weighted by Crippen LogP contribution is 2.52. The molecule has 1 aliphatic heterocycles. The Bertz CT molecular complexity index is 748. The Morgan fingerprint density at radius 3 is 2.77 bits per heavy atom. The molecule has 4 rings (SSSR count). The second-order valence-electron chi connectivity index (χ2n) is 6.26. The van der Waals surface area contributed by atoms with Crippen LogP contribution in [0.5, 0.6) is 0 Å². The zero-order valence-electron chi connectivity index (χ0n) is 12.4. The topological polar surface area (TPSA) is 51.0 Å². The van der Waals surface area contributed by atoms with E-state index in [2.05, 4.69) is 16.1 Å². The Balaban J connectivity index is 1.81. The van der Waals surface area contributed by atoms with Gasteiger partial charge in [-0.1, -0.05) is 36.6 Å². The summed E-state index contributed by atoms with van der Waals surface area (Å²) >= 11 is 6.42. The summed E-state index contributed by atoms with van der Waals surface area (Å²) in [6, 6.07) is 5.94. The summed E-state index contributed by atoms with van der Waals surface area (Å²) in [5.41, 5.74) is 2.12. The Kier molecular flexibility index (Phi) is 3.01. The van der Waals surface area contributed by atoms with Gasteiger partial charge in [-0.05, 0) is 24.5 Å². The van der Waals surface area contributed by atoms with Gasteiger partial charge < -0.3 is 4.90 Å². The number of halogens is 1. The fourth-order valence-electron chi connectivity index (χ4n) is 3.90. The number of fused-ring (bicyclic) bond motifs is 2. The summed E-state index contributed by atoms with van der Waals surface area (Å²) in [5, 5.41) is 4.77. The van der Waals surface area contributed by atoms with E-state index in [4.69, 9.17) is 11.6 Å². The predicted octanol–water partition coefficient (Wildman–Crippen LogP) is 2.94. The molecule has 114 valence electrons. The Hall–Kier alpha value is -1.88. The minimum Gasteiger partial charge on any atom is -0.303 e. The molecule has 1 aromatic carbocycles. The van der Waals surface area contributed by atoms with Crippen molar-refractivity contribution < 1.29 is 4.79 Å². The van der Waals surface area contributed by atoms with Gasteiger partial charge in [0.1, 0.15) is 6.33 Å². The fourth-order valence-corrected chi connectivity index (χ4v) is 4.17. The minimum absolute atomic E-state index is 0.0602. The molecule has 22 heavy (non-hydrogen) atoms. The largest absolute Gasteiger partial charge is 0.303 e. The third-order valence-electron chi connectivity index (χ3n) is 4.89. The van der Waals surface area contributed by atoms with E-state index in [0.717, 1.165) is 18.5 Å². The Morgan fingerprint density at radius 1 is 1.32 bits per heavy atom. The van der Waals surface area contributed by atoms with Gasteiger partial charge in [0, 0.05) is 19.0 Å². The van der Waals surface area contributed by atoms with Gasteiger partial charge in [-0.15, -0.1) is 5.10 Å². The van der Waals surface area contributed by atoms with E-state index in [1.807, 2.05) is 12.1 Å². The van der Waals surface area contributed by atoms with E-state index in [-0.39, 0.29) is 17.1 Å². The molecule has 1 spiro atoms. The van der Waals surface area contributed by atoms with Crippen LogP contribution in [-0.2, 0) is 12.5 Å². The highest BCUT2D eigenvalue weighted by Gasteiger charge is 2.47. The molecular formula is C16H17ClN4O. The quantitative estimate of drug-likeness (QED) is 0.813. The van der Waals surface area contributed by atoms with Crippen molar-refractivity contribution in [2.24, 2.45) is 7.05 Å². The van der Waals surface area contributed by atoms with Gasteiger partial charge in [0.2, 0.25) is 5.82 Å². The van der Waals surface area contributed by atoms with Crippen LogP contribution in [0.4, 0.5) is 5.69 Å². The van der Waals surface area contributed by atoms with Gasteiger partial charge in [-0.25, -0.2) is 4.98 Å². The number of aromatic nitrogens is 3. The molecule has 2 aromatic rings. The van der Waals surface area contributed by atoms with Crippen LogP contribution in [-0.4, -0.2) is 27.2 Å². The first-order valence-corrected chi connectivity index (χ1v) is 7.95. The van der Waals surface area contributed by atoms with Crippen molar-refractivity contribution in [2.75, 3.05) is 11.4 Å². The van der Waals surface area contributed by atoms with E-state index < -0.39 is 0 Å². The predicted molar refractivity (Wildman–Crippen MR) is 84.3 cm³/mol. The van der Waals surface area contributed by atoms with Crippen LogP contribution in [0.1, 0.15) is 41.9 Å². The van der Waals surface area contributed by atoms with Gasteiger partial charge in [-0.2, -0.15) is 0 Å². The number of rotatable bonds is 1. The molecule has 0 atom stereocenters. The van der Waals surface area contributed by atoms with Crippen molar-refractivity contribution in [3.05, 3.63) is 40.9 Å². The number of carbonyl (C=O) groups excluding carboxylic acids is 1. The van der Waals surface area contributed by atoms with E-state index in [9.17, 15) is 4.79 Å². The van der Waals surface area contributed by atoms with E-state index in [1.54, 1.807) is 23.0 Å². The highest BCUT2D eigenvalue weighted by molar-refractivity contribution is 6.34. The average molecular weight is 317 g/mol. The van der Waals surface area contributed by atoms with Gasteiger partial charge in [0.25, 0.3) is 5.91 Å². The lowest BCUT2D eigenvalue weighted by molar-refractivity contribution is 0.0975. The summed E-state index contributed by atoms with van der Waals surface area (Å²) in [6.45, 7) is 0.684. The summed E-state index contributed by atoms with van der Waals surface area (Å²) in [6.07, 6.45) is 6.17. The maximum atomic E-state index is 12.8. The van der Waals surface area contributed by atoms with Crippen LogP contribution in [0, 0.1) is 0 Å². The third-order valence-corrected chi connectivity index (χ3v) is 5.19. The molecule has 0 N–H and O–H groups in total. The maximum absolute atomic E-state index is 12.8. The molecule has 1 fully saturated rings. The number of hydrogen-bond acceptors (Lipinski definition) is 3. The maximum Gasteiger partial charge on any atom is 0.298 e. The molecule has 1 amide bonds. The zero-order chi connectivity index (χ0) is 15.3. The number of carbonyl (C=O) groups is 1. The van der Waals surface area contributed by atoms with Crippen molar-refractivity contribution in [3.8, 4) is 0 Å². The van der Waals surface area contributed by atoms with Gasteiger partial charge in [-0.3, -0.25) is 9.48 Å². The van der Waals surface area contributed by atoms with Gasteiger partial charge in [0.05, 0.1) is 10.7 Å². The number of anilines is 1. The molecule has 2 aliphatic rings. The van der Waals surface area contributed by atoms with Crippen LogP contribution in [0.2, 0.25) is 5.02 Å². The number of nitrogens with zero attached hydrogens (tertiary/aromatic N) is 4. The monoisotopic (exact) mass is 316 g/mol. The third kappa shape index (κ3) is 1.88. The smallest absolute Gasteiger partial charge is 0.298 e. The summed E-state index contributed by atoms with van der Waals surface area (Å²) in [5.74, 6) is 0.0575. The van der Waals surface area contributed by atoms with Crippen LogP contribution in [0.25, 0.3) is 0 Å². The van der Waals surface area contributed by atoms with Crippen LogP contribution in [0.15, 0.2) is 24.5 Å². The first kappa shape index (κ1) is 13.8. The summed E-state index contributed by atoms with van der Waals surface area (Å²) in [7, 11) is 1.76. The van der Waals surface area contributed by atoms with Crippen molar-refractivity contribution in [2.45, 2.75) is 31.1 Å². The molecule has 2 heterocycles. The first-order valence-electron chi connectivity index (χ1n) is 7.57. The van der Waals surface area contributed by atoms with Crippen molar-refractivity contribution in [3.63, 3.8) is 0 Å². The average Bonchev–Trinajstić information content (AvgIpc) is 3.21. The van der Waals surface area contributed by atoms with Crippen molar-refractivity contribution >= 4 is 23.2 Å². The molecule has 6 heteroatoms. The fraction of sp³-hybridized carbons (Fsp3) is 0.438. The molecule has 0 unspecified atom stereocenters. The zero-order valence-corrected chi connectivity index (χ0v) is 13.2. The molecule has 1 aromatic heterocycles. The van der Waals surface area contributed by atoms with Crippen molar-refractivity contribution in [1.29, 1.82) is 0 Å². The van der Waals surface area contributed by atoms with Crippen LogP contribution >= 0.6 is 11.6 Å². The van der Waals surface area contributed by atoms with Gasteiger partial charge in [0.15, 0.2) is 0 Å². The number of aryl methyl sites for hydroxylation is 1. The van der Waals surface area contributed by atoms with E-state index >= 15 is 0 Å². The molecule has 0 saturated heterocycles. The Labute approximate surface area is 133 Å². The minimum atomic E-state index is -0.168. The second kappa shape index (κ2) is 4.81. The van der Waals surface area contributed by atoms with E-state index in [0.29, 0.717) is 11.6 Å². The standard InChI is InChI=1S/C16H17ClN4O/c1-20-10-18-14(19-20)15(22)21-9-16(7-2-3-8-16)11-5-4-6-12(17)13(11)21/h4-6,10H,2-3,7-9H2,1H3. The molecule has 1 saturated carbocycles. The highest BCUT2D eigenvalue weighted by atomic mass is 35.5. The summed E-state index contributed by atoms with van der Waals surface area (Å²) in [4.78, 5) is 18.7. The number of benzene rings is 1. The Morgan fingerprint density at radius 2 is 2.09 bits per heavy atom. The van der Waals surface area contributed by atoms with Crippen LogP contribution < -0.4 is 4.90 Å².